The largest absolute Gasteiger partial charge is 0.485 e. The van der Waals surface area contributed by atoms with E-state index < -0.39 is 0 Å². The summed E-state index contributed by atoms with van der Waals surface area (Å²) in [5.41, 5.74) is 8.67. The summed E-state index contributed by atoms with van der Waals surface area (Å²) in [7, 11) is 1.73. The van der Waals surface area contributed by atoms with Crippen LogP contribution in [-0.2, 0) is 20.1 Å². The lowest BCUT2D eigenvalue weighted by atomic mass is 9.88. The van der Waals surface area contributed by atoms with E-state index in [2.05, 4.69) is 21.5 Å². The van der Waals surface area contributed by atoms with Crippen LogP contribution >= 0.6 is 0 Å². The lowest BCUT2D eigenvalue weighted by Gasteiger charge is -2.22. The highest BCUT2D eigenvalue weighted by Gasteiger charge is 2.17. The second-order valence-electron chi connectivity index (χ2n) is 4.84. The van der Waals surface area contributed by atoms with Crippen LogP contribution in [0.3, 0.4) is 0 Å². The average molecular weight is 259 g/mol. The molecule has 0 unspecified atom stereocenters. The lowest BCUT2D eigenvalue weighted by Crippen LogP contribution is -2.17. The van der Waals surface area contributed by atoms with Crippen LogP contribution in [-0.4, -0.2) is 20.2 Å². The maximum atomic E-state index is 6.13. The van der Waals surface area contributed by atoms with Crippen molar-refractivity contribution in [2.24, 2.45) is 12.8 Å². The van der Waals surface area contributed by atoms with Crippen LogP contribution in [0.1, 0.15) is 35.8 Å². The van der Waals surface area contributed by atoms with Gasteiger partial charge in [0, 0.05) is 6.04 Å². The number of hydrogen-bond acceptors (Lipinski definition) is 5. The Hall–Kier alpha value is -1.95. The van der Waals surface area contributed by atoms with Crippen LogP contribution in [0, 0.1) is 0 Å². The Kier molecular flexibility index (Phi) is 3.16. The van der Waals surface area contributed by atoms with E-state index in [0.29, 0.717) is 12.4 Å². The van der Waals surface area contributed by atoms with Gasteiger partial charge in [-0.1, -0.05) is 6.07 Å². The topological polar surface area (TPSA) is 78.8 Å². The van der Waals surface area contributed by atoms with Crippen LogP contribution in [0.4, 0.5) is 0 Å². The van der Waals surface area contributed by atoms with Crippen molar-refractivity contribution in [1.29, 1.82) is 0 Å². The number of tetrazole rings is 1. The van der Waals surface area contributed by atoms with Crippen LogP contribution in [0.2, 0.25) is 0 Å². The number of nitrogens with zero attached hydrogens (tertiary/aromatic N) is 4. The Bertz CT molecular complexity index is 580. The molecule has 0 aliphatic heterocycles. The molecule has 1 aromatic carbocycles. The van der Waals surface area contributed by atoms with Gasteiger partial charge < -0.3 is 10.5 Å². The summed E-state index contributed by atoms with van der Waals surface area (Å²) in [5, 5.41) is 11.7. The molecule has 0 spiro atoms. The fourth-order valence-electron chi connectivity index (χ4n) is 2.43. The van der Waals surface area contributed by atoms with Crippen LogP contribution in [0.25, 0.3) is 0 Å². The van der Waals surface area contributed by atoms with E-state index >= 15 is 0 Å². The molecule has 1 atom stereocenters. The van der Waals surface area contributed by atoms with Gasteiger partial charge in [-0.3, -0.25) is 0 Å². The van der Waals surface area contributed by atoms with Gasteiger partial charge in [0.15, 0.2) is 6.61 Å². The predicted molar refractivity (Wildman–Crippen MR) is 69.4 cm³/mol. The average Bonchev–Trinajstić information content (AvgIpc) is 2.83. The molecule has 0 radical (unpaired) electrons. The van der Waals surface area contributed by atoms with Crippen molar-refractivity contribution in [2.45, 2.75) is 31.9 Å². The number of aryl methyl sites for hydroxylation is 2. The third kappa shape index (κ3) is 2.58. The Morgan fingerprint density at radius 2 is 2.37 bits per heavy atom. The lowest BCUT2D eigenvalue weighted by molar-refractivity contribution is 0.294. The summed E-state index contributed by atoms with van der Waals surface area (Å²) < 4.78 is 5.69. The predicted octanol–water partition coefficient (Wildman–Crippen LogP) is 1.13. The smallest absolute Gasteiger partial charge is 0.212 e. The summed E-state index contributed by atoms with van der Waals surface area (Å²) in [6, 6.07) is 6.25. The van der Waals surface area contributed by atoms with E-state index in [4.69, 9.17) is 10.5 Å². The first-order valence-electron chi connectivity index (χ1n) is 6.46. The second kappa shape index (κ2) is 4.97. The van der Waals surface area contributed by atoms with Gasteiger partial charge in [-0.25, -0.2) is 0 Å². The SMILES string of the molecule is Cn1nnc(COc2ccc3c(c2)[C@H](N)CCC3)n1. The molecule has 1 aliphatic carbocycles. The van der Waals surface area contributed by atoms with Crippen LogP contribution < -0.4 is 10.5 Å². The molecule has 1 aliphatic rings. The molecule has 0 bridgehead atoms. The third-order valence-corrected chi connectivity index (χ3v) is 3.40. The normalized spacial score (nSPS) is 18.1. The second-order valence-corrected chi connectivity index (χ2v) is 4.84. The molecule has 0 saturated carbocycles. The molecule has 100 valence electrons. The zero-order valence-electron chi connectivity index (χ0n) is 10.9. The highest BCUT2D eigenvalue weighted by molar-refractivity contribution is 5.39. The first-order valence-corrected chi connectivity index (χ1v) is 6.46. The zero-order chi connectivity index (χ0) is 13.2. The van der Waals surface area contributed by atoms with Gasteiger partial charge in [-0.15, -0.1) is 10.2 Å². The zero-order valence-corrected chi connectivity index (χ0v) is 10.9. The van der Waals surface area contributed by atoms with Gasteiger partial charge in [0.25, 0.3) is 0 Å². The maximum Gasteiger partial charge on any atom is 0.212 e. The summed E-state index contributed by atoms with van der Waals surface area (Å²) >= 11 is 0. The van der Waals surface area contributed by atoms with Crippen molar-refractivity contribution in [3.05, 3.63) is 35.2 Å². The van der Waals surface area contributed by atoms with Crippen molar-refractivity contribution >= 4 is 0 Å². The molecule has 2 aromatic rings. The Morgan fingerprint density at radius 3 is 3.16 bits per heavy atom. The van der Waals surface area contributed by atoms with E-state index in [1.807, 2.05) is 12.1 Å². The van der Waals surface area contributed by atoms with Crippen molar-refractivity contribution in [3.63, 3.8) is 0 Å². The Morgan fingerprint density at radius 1 is 1.47 bits per heavy atom. The molecule has 6 nitrogen and oxygen atoms in total. The molecule has 0 saturated heterocycles. The standard InChI is InChI=1S/C13H17N5O/c1-18-16-13(15-17-18)8-19-10-6-5-9-3-2-4-12(14)11(9)7-10/h5-7,12H,2-4,8,14H2,1H3/t12-/m1/s1. The minimum atomic E-state index is 0.127. The monoisotopic (exact) mass is 259 g/mol. The molecule has 1 aromatic heterocycles. The van der Waals surface area contributed by atoms with Gasteiger partial charge in [0.1, 0.15) is 5.75 Å². The number of nitrogens with two attached hydrogens (primary N) is 1. The number of aromatic nitrogens is 4. The van der Waals surface area contributed by atoms with Gasteiger partial charge in [0.2, 0.25) is 5.82 Å². The van der Waals surface area contributed by atoms with Crippen molar-refractivity contribution in [3.8, 4) is 5.75 Å². The summed E-state index contributed by atoms with van der Waals surface area (Å²) in [6.07, 6.45) is 3.31. The van der Waals surface area contributed by atoms with Gasteiger partial charge >= 0.3 is 0 Å². The van der Waals surface area contributed by atoms with Crippen LogP contribution in [0.5, 0.6) is 5.75 Å². The van der Waals surface area contributed by atoms with Gasteiger partial charge in [-0.05, 0) is 47.7 Å². The fraction of sp³-hybridized carbons (Fsp3) is 0.462. The van der Waals surface area contributed by atoms with Gasteiger partial charge in [-0.2, -0.15) is 4.80 Å². The molecular formula is C13H17N5O. The summed E-state index contributed by atoms with van der Waals surface area (Å²) in [4.78, 5) is 1.42. The van der Waals surface area contributed by atoms with E-state index in [0.717, 1.165) is 25.0 Å². The molecule has 0 amide bonds. The summed E-state index contributed by atoms with van der Waals surface area (Å²) in [5.74, 6) is 1.38. The molecule has 19 heavy (non-hydrogen) atoms. The highest BCUT2D eigenvalue weighted by atomic mass is 16.5. The minimum absolute atomic E-state index is 0.127. The maximum absolute atomic E-state index is 6.13. The van der Waals surface area contributed by atoms with Crippen molar-refractivity contribution < 1.29 is 4.74 Å². The third-order valence-electron chi connectivity index (χ3n) is 3.40. The van der Waals surface area contributed by atoms with E-state index in [9.17, 15) is 0 Å². The number of ether oxygens (including phenoxy) is 1. The Balaban J connectivity index is 1.73. The summed E-state index contributed by atoms with van der Waals surface area (Å²) in [6.45, 7) is 0.321. The first kappa shape index (κ1) is 12.1. The number of fused-ring (bicyclic) bond motifs is 1. The van der Waals surface area contributed by atoms with Crippen molar-refractivity contribution in [1.82, 2.24) is 20.2 Å². The molecule has 6 heteroatoms. The molecular weight excluding hydrogens is 242 g/mol. The molecule has 0 fully saturated rings. The first-order chi connectivity index (χ1) is 9.22. The van der Waals surface area contributed by atoms with Crippen molar-refractivity contribution in [2.75, 3.05) is 0 Å². The highest BCUT2D eigenvalue weighted by Crippen LogP contribution is 2.30. The molecule has 1 heterocycles. The molecule has 3 rings (SSSR count). The Labute approximate surface area is 111 Å². The van der Waals surface area contributed by atoms with E-state index in [1.54, 1.807) is 7.05 Å². The molecule has 2 N–H and O–H groups in total. The van der Waals surface area contributed by atoms with Gasteiger partial charge in [0.05, 0.1) is 7.05 Å². The fourth-order valence-corrected chi connectivity index (χ4v) is 2.43. The number of benzene rings is 1. The van der Waals surface area contributed by atoms with E-state index in [1.165, 1.54) is 15.9 Å². The number of rotatable bonds is 3. The number of hydrogen-bond donors (Lipinski definition) is 1. The van der Waals surface area contributed by atoms with Crippen LogP contribution in [0.15, 0.2) is 18.2 Å². The van der Waals surface area contributed by atoms with E-state index in [-0.39, 0.29) is 6.04 Å². The quantitative estimate of drug-likeness (QED) is 0.893. The minimum Gasteiger partial charge on any atom is -0.485 e.